The van der Waals surface area contributed by atoms with Gasteiger partial charge in [0.25, 0.3) is 0 Å². The van der Waals surface area contributed by atoms with Gasteiger partial charge in [-0.15, -0.1) is 0 Å². The summed E-state index contributed by atoms with van der Waals surface area (Å²) in [7, 11) is 0. The van der Waals surface area contributed by atoms with Crippen LogP contribution in [0.25, 0.3) is 0 Å². The van der Waals surface area contributed by atoms with E-state index in [1.807, 2.05) is 20.8 Å². The monoisotopic (exact) mass is 839 g/mol. The van der Waals surface area contributed by atoms with E-state index in [0.29, 0.717) is 47.3 Å². The Morgan fingerprint density at radius 2 is 0.823 bits per heavy atom. The molecule has 0 radical (unpaired) electrons. The van der Waals surface area contributed by atoms with Crippen molar-refractivity contribution in [2.45, 2.75) is 190 Å². The molecule has 8 atom stereocenters. The Morgan fingerprint density at radius 3 is 1.26 bits per heavy atom. The van der Waals surface area contributed by atoms with E-state index in [1.54, 1.807) is 11.1 Å². The molecule has 2 heteroatoms. The van der Waals surface area contributed by atoms with E-state index in [-0.39, 0.29) is 22.4 Å². The highest BCUT2D eigenvalue weighted by atomic mass is 16.1. The summed E-state index contributed by atoms with van der Waals surface area (Å²) in [4.78, 5) is 25.7. The lowest BCUT2D eigenvalue weighted by Crippen LogP contribution is -2.44. The predicted molar refractivity (Wildman–Crippen MR) is 265 cm³/mol. The van der Waals surface area contributed by atoms with Crippen molar-refractivity contribution in [1.29, 1.82) is 0 Å². The maximum atomic E-state index is 12.9. The van der Waals surface area contributed by atoms with Gasteiger partial charge in [-0.05, 0) is 288 Å². The Bertz CT molecular complexity index is 2300. The van der Waals surface area contributed by atoms with Gasteiger partial charge in [0.15, 0.2) is 11.6 Å². The fraction of sp³-hybridized carbons (Fsp3) is 0.633. The average molecular weight is 839 g/mol. The van der Waals surface area contributed by atoms with Gasteiger partial charge in [-0.3, -0.25) is 9.59 Å². The van der Waals surface area contributed by atoms with Crippen molar-refractivity contribution < 1.29 is 9.59 Å². The zero-order valence-electron chi connectivity index (χ0n) is 43.5. The maximum absolute atomic E-state index is 12.9. The Hall–Kier alpha value is -3.26. The van der Waals surface area contributed by atoms with Crippen molar-refractivity contribution in [2.75, 3.05) is 0 Å². The van der Waals surface area contributed by atoms with Crippen LogP contribution in [0.3, 0.4) is 0 Å². The third kappa shape index (κ3) is 8.19. The van der Waals surface area contributed by atoms with Gasteiger partial charge >= 0.3 is 0 Å². The molecule has 2 aromatic carbocycles. The summed E-state index contributed by atoms with van der Waals surface area (Å²) in [5.41, 5.74) is 25.7. The number of carbonyl (C=O) groups is 2. The number of ketones is 2. The van der Waals surface area contributed by atoms with E-state index >= 15 is 0 Å². The van der Waals surface area contributed by atoms with Crippen molar-refractivity contribution in [3.05, 3.63) is 112 Å². The van der Waals surface area contributed by atoms with Gasteiger partial charge in [0, 0.05) is 11.1 Å². The third-order valence-electron chi connectivity index (χ3n) is 19.7. The molecule has 0 N–H and O–H groups in total. The molecule has 2 aromatic rings. The van der Waals surface area contributed by atoms with E-state index in [4.69, 9.17) is 0 Å². The van der Waals surface area contributed by atoms with E-state index in [1.165, 1.54) is 91.6 Å². The summed E-state index contributed by atoms with van der Waals surface area (Å²) in [5.74, 6) is 5.45. The lowest BCUT2D eigenvalue weighted by molar-refractivity contribution is -0.112. The van der Waals surface area contributed by atoms with Crippen LogP contribution in [0.1, 0.15) is 177 Å². The van der Waals surface area contributed by atoms with Crippen molar-refractivity contribution in [3.8, 4) is 0 Å². The van der Waals surface area contributed by atoms with Crippen LogP contribution >= 0.6 is 0 Å². The highest BCUT2D eigenvalue weighted by Crippen LogP contribution is 2.55. The fourth-order valence-corrected chi connectivity index (χ4v) is 14.2. The highest BCUT2D eigenvalue weighted by molar-refractivity contribution is 6.13. The van der Waals surface area contributed by atoms with Crippen LogP contribution in [0.4, 0.5) is 0 Å². The Balaban J connectivity index is 1.19. The average Bonchev–Trinajstić information content (AvgIpc) is 3.50. The number of allylic oxidation sites excluding steroid dienone is 8. The standard InChI is InChI=1S/C60H86O2/c1-30-22-47(31(2)34(5)50(30)25-52-39(10)43(14)57(61)45(52)16)23-48-28-59(18,19)55(41(12)32(48)3)26-53-37(8)35(6)51(36(7)38(53)9)24-49-29-60(20,21)56(42(13)33(49)4)27-54-40(11)44(15)58(62)46(54)17/h22,32-33,41-42,48-49,55-56H,23-29H2,1-21H3. The van der Waals surface area contributed by atoms with Crippen LogP contribution in [-0.2, 0) is 35.3 Å². The second-order valence-electron chi connectivity index (χ2n) is 23.5. The minimum atomic E-state index is 0.206. The zero-order chi connectivity index (χ0) is 46.4. The molecule has 0 amide bonds. The lowest BCUT2D eigenvalue weighted by atomic mass is 9.54. The summed E-state index contributed by atoms with van der Waals surface area (Å²) in [5, 5.41) is 0. The first-order valence-electron chi connectivity index (χ1n) is 24.7. The topological polar surface area (TPSA) is 34.1 Å². The summed E-state index contributed by atoms with van der Waals surface area (Å²) in [6.07, 6.45) is 7.83. The first kappa shape index (κ1) is 48.2. The highest BCUT2D eigenvalue weighted by Gasteiger charge is 2.47. The molecule has 0 aliphatic heterocycles. The molecule has 0 heterocycles. The predicted octanol–water partition coefficient (Wildman–Crippen LogP) is 15.4. The van der Waals surface area contributed by atoms with E-state index in [0.717, 1.165) is 48.0 Å². The number of Topliss-reactive ketones (excluding diaryl/α,β-unsaturated/α-hetero) is 2. The summed E-state index contributed by atoms with van der Waals surface area (Å²) < 4.78 is 0. The molecule has 0 aromatic heterocycles. The molecule has 4 aliphatic carbocycles. The van der Waals surface area contributed by atoms with Gasteiger partial charge in [0.1, 0.15) is 0 Å². The van der Waals surface area contributed by atoms with Crippen molar-refractivity contribution in [2.24, 2.45) is 58.2 Å². The molecule has 2 saturated carbocycles. The normalized spacial score (nSPS) is 29.0. The molecular weight excluding hydrogens is 753 g/mol. The molecule has 2 nitrogen and oxygen atoms in total. The number of aryl methyl sites for hydroxylation is 1. The smallest absolute Gasteiger partial charge is 0.184 e. The molecule has 0 spiro atoms. The lowest BCUT2D eigenvalue weighted by Gasteiger charge is -2.51. The van der Waals surface area contributed by atoms with Gasteiger partial charge in [0.05, 0.1) is 0 Å². The first-order chi connectivity index (χ1) is 28.6. The van der Waals surface area contributed by atoms with E-state index in [2.05, 4.69) is 131 Å². The number of hydrogen-bond acceptors (Lipinski definition) is 2. The van der Waals surface area contributed by atoms with E-state index in [9.17, 15) is 9.59 Å². The second kappa shape index (κ2) is 17.3. The largest absolute Gasteiger partial charge is 0.289 e. The van der Waals surface area contributed by atoms with Crippen LogP contribution < -0.4 is 0 Å². The molecule has 4 aliphatic rings. The van der Waals surface area contributed by atoms with Crippen molar-refractivity contribution in [1.82, 2.24) is 0 Å². The first-order valence-corrected chi connectivity index (χ1v) is 24.7. The Kier molecular flexibility index (Phi) is 13.4. The summed E-state index contributed by atoms with van der Waals surface area (Å²) in [6.45, 7) is 49.5. The number of carbonyl (C=O) groups excluding carboxylic acids is 2. The minimum absolute atomic E-state index is 0.206. The van der Waals surface area contributed by atoms with Gasteiger partial charge in [-0.25, -0.2) is 0 Å². The molecule has 0 bridgehead atoms. The van der Waals surface area contributed by atoms with Crippen molar-refractivity contribution in [3.63, 3.8) is 0 Å². The summed E-state index contributed by atoms with van der Waals surface area (Å²) >= 11 is 0. The number of rotatable bonds is 10. The van der Waals surface area contributed by atoms with Gasteiger partial charge < -0.3 is 0 Å². The summed E-state index contributed by atoms with van der Waals surface area (Å²) in [6, 6.07) is 2.50. The van der Waals surface area contributed by atoms with Gasteiger partial charge in [-0.1, -0.05) is 61.5 Å². The Labute approximate surface area is 380 Å². The number of benzene rings is 2. The zero-order valence-corrected chi connectivity index (χ0v) is 43.5. The molecule has 2 fully saturated rings. The molecule has 0 saturated heterocycles. The molecule has 62 heavy (non-hydrogen) atoms. The Morgan fingerprint density at radius 1 is 0.435 bits per heavy atom. The second-order valence-corrected chi connectivity index (χ2v) is 23.5. The quantitative estimate of drug-likeness (QED) is 0.239. The number of hydrogen-bond donors (Lipinski definition) is 0. The van der Waals surface area contributed by atoms with Crippen molar-refractivity contribution >= 4 is 11.6 Å². The molecular formula is C60H86O2. The van der Waals surface area contributed by atoms with E-state index < -0.39 is 0 Å². The maximum Gasteiger partial charge on any atom is 0.184 e. The van der Waals surface area contributed by atoms with Gasteiger partial charge in [-0.2, -0.15) is 0 Å². The van der Waals surface area contributed by atoms with Crippen LogP contribution in [-0.4, -0.2) is 11.6 Å². The van der Waals surface area contributed by atoms with Crippen LogP contribution in [0.2, 0.25) is 0 Å². The van der Waals surface area contributed by atoms with Crippen LogP contribution in [0.15, 0.2) is 50.7 Å². The van der Waals surface area contributed by atoms with Crippen LogP contribution in [0, 0.1) is 107 Å². The fourth-order valence-electron chi connectivity index (χ4n) is 14.2. The molecule has 338 valence electrons. The molecule has 6 rings (SSSR count). The third-order valence-corrected chi connectivity index (χ3v) is 19.7. The van der Waals surface area contributed by atoms with Crippen LogP contribution in [0.5, 0.6) is 0 Å². The SMILES string of the molecule is CC1=C(C)C(Cc2c(C)cc(CC3CC(C)(C)C(Cc4c(C)c(C)c(CC5CC(C)(C)C(CC6=C(C)C(=O)C(C)=C6C)C(C)C5C)c(C)c4C)C(C)C3C)c(C)c2C)=C(C)C1=O. The minimum Gasteiger partial charge on any atom is -0.289 e. The van der Waals surface area contributed by atoms with Gasteiger partial charge in [0.2, 0.25) is 0 Å². The molecule has 8 unspecified atom stereocenters.